The van der Waals surface area contributed by atoms with E-state index < -0.39 is 0 Å². The number of anilines is 1. The van der Waals surface area contributed by atoms with E-state index in [1.807, 2.05) is 23.4 Å². The predicted octanol–water partition coefficient (Wildman–Crippen LogP) is 2.82. The molecule has 1 aromatic carbocycles. The Kier molecular flexibility index (Phi) is 5.16. The van der Waals surface area contributed by atoms with Crippen molar-refractivity contribution in [1.29, 1.82) is 0 Å². The predicted molar refractivity (Wildman–Crippen MR) is 102 cm³/mol. The van der Waals surface area contributed by atoms with Gasteiger partial charge in [-0.1, -0.05) is 30.3 Å². The maximum Gasteiger partial charge on any atom is 0.225 e. The van der Waals surface area contributed by atoms with Gasteiger partial charge < -0.3 is 14.5 Å². The van der Waals surface area contributed by atoms with Gasteiger partial charge in [0.25, 0.3) is 0 Å². The molecule has 5 nitrogen and oxygen atoms in total. The maximum atomic E-state index is 12.7. The van der Waals surface area contributed by atoms with Crippen molar-refractivity contribution in [2.24, 2.45) is 5.92 Å². The fourth-order valence-corrected chi connectivity index (χ4v) is 3.87. The Labute approximate surface area is 154 Å². The molecule has 2 fully saturated rings. The van der Waals surface area contributed by atoms with Crippen LogP contribution in [0, 0.1) is 5.92 Å². The van der Waals surface area contributed by atoms with E-state index >= 15 is 0 Å². The highest BCUT2D eigenvalue weighted by molar-refractivity contribution is 5.80. The van der Waals surface area contributed by atoms with Gasteiger partial charge in [0.1, 0.15) is 0 Å². The van der Waals surface area contributed by atoms with Crippen molar-refractivity contribution in [3.8, 4) is 11.1 Å². The number of carbonyl (C=O) groups excluding carboxylic acids is 1. The average molecular weight is 351 g/mol. The highest BCUT2D eigenvalue weighted by Crippen LogP contribution is 2.30. The Morgan fingerprint density at radius 1 is 1.00 bits per heavy atom. The lowest BCUT2D eigenvalue weighted by molar-refractivity contribution is -0.138. The molecular weight excluding hydrogens is 326 g/mol. The molecule has 26 heavy (non-hydrogen) atoms. The van der Waals surface area contributed by atoms with Crippen LogP contribution >= 0.6 is 0 Å². The summed E-state index contributed by atoms with van der Waals surface area (Å²) in [7, 11) is 0. The van der Waals surface area contributed by atoms with Crippen LogP contribution < -0.4 is 4.90 Å². The molecule has 1 aromatic heterocycles. The van der Waals surface area contributed by atoms with Crippen molar-refractivity contribution in [3.05, 3.63) is 48.8 Å². The van der Waals surface area contributed by atoms with Gasteiger partial charge in [-0.25, -0.2) is 0 Å². The fourth-order valence-electron chi connectivity index (χ4n) is 3.87. The molecule has 2 aliphatic rings. The molecular formula is C21H25N3O2. The molecule has 2 aliphatic heterocycles. The number of benzene rings is 1. The Hall–Kier alpha value is -2.40. The van der Waals surface area contributed by atoms with Gasteiger partial charge in [0.15, 0.2) is 0 Å². The number of hydrogen-bond donors (Lipinski definition) is 0. The summed E-state index contributed by atoms with van der Waals surface area (Å²) < 4.78 is 5.38. The minimum atomic E-state index is 0.147. The van der Waals surface area contributed by atoms with Gasteiger partial charge in [-0.15, -0.1) is 0 Å². The van der Waals surface area contributed by atoms with Crippen LogP contribution in [0.25, 0.3) is 11.1 Å². The lowest BCUT2D eigenvalue weighted by atomic mass is 9.98. The van der Waals surface area contributed by atoms with E-state index in [4.69, 9.17) is 4.74 Å². The molecule has 0 saturated carbocycles. The van der Waals surface area contributed by atoms with E-state index in [-0.39, 0.29) is 5.92 Å². The number of aromatic nitrogens is 1. The summed E-state index contributed by atoms with van der Waals surface area (Å²) in [5.41, 5.74) is 3.55. The molecule has 0 N–H and O–H groups in total. The maximum absolute atomic E-state index is 12.7. The monoisotopic (exact) mass is 351 g/mol. The van der Waals surface area contributed by atoms with Gasteiger partial charge in [-0.05, 0) is 24.5 Å². The first kappa shape index (κ1) is 17.0. The Balaban J connectivity index is 1.45. The van der Waals surface area contributed by atoms with Gasteiger partial charge in [0.2, 0.25) is 5.91 Å². The molecule has 5 heteroatoms. The second kappa shape index (κ2) is 7.87. The average Bonchev–Trinajstić information content (AvgIpc) is 2.75. The molecule has 4 rings (SSSR count). The first-order valence-corrected chi connectivity index (χ1v) is 9.44. The van der Waals surface area contributed by atoms with Crippen molar-refractivity contribution in [2.45, 2.75) is 12.8 Å². The van der Waals surface area contributed by atoms with Crippen molar-refractivity contribution < 1.29 is 9.53 Å². The molecule has 3 heterocycles. The van der Waals surface area contributed by atoms with Gasteiger partial charge in [-0.3, -0.25) is 9.78 Å². The molecule has 0 bridgehead atoms. The topological polar surface area (TPSA) is 45.7 Å². The van der Waals surface area contributed by atoms with E-state index in [1.54, 1.807) is 0 Å². The number of rotatable bonds is 3. The minimum absolute atomic E-state index is 0.147. The normalized spacial score (nSPS) is 18.8. The Morgan fingerprint density at radius 2 is 1.73 bits per heavy atom. The summed E-state index contributed by atoms with van der Waals surface area (Å²) in [5, 5.41) is 0. The molecule has 2 saturated heterocycles. The number of nitrogens with zero attached hydrogens (tertiary/aromatic N) is 3. The Bertz CT molecular complexity index is 736. The van der Waals surface area contributed by atoms with Crippen LogP contribution in [-0.2, 0) is 9.53 Å². The van der Waals surface area contributed by atoms with Gasteiger partial charge in [-0.2, -0.15) is 0 Å². The molecule has 0 unspecified atom stereocenters. The largest absolute Gasteiger partial charge is 0.381 e. The summed E-state index contributed by atoms with van der Waals surface area (Å²) in [6.45, 7) is 4.68. The van der Waals surface area contributed by atoms with Gasteiger partial charge in [0.05, 0.1) is 11.9 Å². The number of ether oxygens (including phenoxy) is 1. The van der Waals surface area contributed by atoms with Crippen molar-refractivity contribution in [1.82, 2.24) is 9.88 Å². The van der Waals surface area contributed by atoms with Crippen LogP contribution in [0.4, 0.5) is 5.69 Å². The van der Waals surface area contributed by atoms with E-state index in [0.717, 1.165) is 44.7 Å². The molecule has 0 spiro atoms. The van der Waals surface area contributed by atoms with Crippen molar-refractivity contribution in [3.63, 3.8) is 0 Å². The van der Waals surface area contributed by atoms with Crippen LogP contribution in [0.5, 0.6) is 0 Å². The number of carbonyl (C=O) groups is 1. The highest BCUT2D eigenvalue weighted by atomic mass is 16.5. The number of piperazine rings is 1. The molecule has 0 radical (unpaired) electrons. The molecule has 2 aromatic rings. The van der Waals surface area contributed by atoms with E-state index in [9.17, 15) is 4.79 Å². The SMILES string of the molecule is O=C(C1CCOCC1)N1CCN(c2cnccc2-c2ccccc2)CC1. The standard InChI is InChI=1S/C21H25N3O2/c25-21(18-7-14-26-15-8-18)24-12-10-23(11-13-24)20-16-22-9-6-19(20)17-4-2-1-3-5-17/h1-6,9,16,18H,7-8,10-15H2. The zero-order valence-electron chi connectivity index (χ0n) is 15.0. The fraction of sp³-hybridized carbons (Fsp3) is 0.429. The molecule has 1 amide bonds. The van der Waals surface area contributed by atoms with Gasteiger partial charge >= 0.3 is 0 Å². The number of amides is 1. The summed E-state index contributed by atoms with van der Waals surface area (Å²) in [6.07, 6.45) is 5.51. The summed E-state index contributed by atoms with van der Waals surface area (Å²) in [5.74, 6) is 0.455. The van der Waals surface area contributed by atoms with Crippen LogP contribution in [0.15, 0.2) is 48.8 Å². The second-order valence-electron chi connectivity index (χ2n) is 6.96. The summed E-state index contributed by atoms with van der Waals surface area (Å²) in [4.78, 5) is 21.4. The summed E-state index contributed by atoms with van der Waals surface area (Å²) >= 11 is 0. The third-order valence-corrected chi connectivity index (χ3v) is 5.39. The molecule has 0 atom stereocenters. The zero-order chi connectivity index (χ0) is 17.8. The minimum Gasteiger partial charge on any atom is -0.381 e. The van der Waals surface area contributed by atoms with Crippen molar-refractivity contribution in [2.75, 3.05) is 44.3 Å². The zero-order valence-corrected chi connectivity index (χ0v) is 15.0. The van der Waals surface area contributed by atoms with Crippen LogP contribution in [-0.4, -0.2) is 55.2 Å². The first-order chi connectivity index (χ1) is 12.8. The molecule has 136 valence electrons. The third-order valence-electron chi connectivity index (χ3n) is 5.39. The number of hydrogen-bond acceptors (Lipinski definition) is 4. The van der Waals surface area contributed by atoms with Crippen LogP contribution in [0.1, 0.15) is 12.8 Å². The number of pyridine rings is 1. The highest BCUT2D eigenvalue weighted by Gasteiger charge is 2.29. The van der Waals surface area contributed by atoms with Gasteiger partial charge in [0, 0.05) is 57.1 Å². The lowest BCUT2D eigenvalue weighted by Gasteiger charge is -2.38. The van der Waals surface area contributed by atoms with E-state index in [2.05, 4.69) is 40.2 Å². The first-order valence-electron chi connectivity index (χ1n) is 9.44. The van der Waals surface area contributed by atoms with Crippen LogP contribution in [0.2, 0.25) is 0 Å². The van der Waals surface area contributed by atoms with Crippen molar-refractivity contribution >= 4 is 11.6 Å². The molecule has 0 aliphatic carbocycles. The van der Waals surface area contributed by atoms with E-state index in [0.29, 0.717) is 19.1 Å². The second-order valence-corrected chi connectivity index (χ2v) is 6.96. The van der Waals surface area contributed by atoms with Crippen LogP contribution in [0.3, 0.4) is 0 Å². The van der Waals surface area contributed by atoms with E-state index in [1.165, 1.54) is 11.1 Å². The lowest BCUT2D eigenvalue weighted by Crippen LogP contribution is -2.51. The third kappa shape index (κ3) is 3.58. The quantitative estimate of drug-likeness (QED) is 0.853. The summed E-state index contributed by atoms with van der Waals surface area (Å²) in [6, 6.07) is 12.5. The smallest absolute Gasteiger partial charge is 0.225 e. The Morgan fingerprint density at radius 3 is 2.46 bits per heavy atom.